The van der Waals surface area contributed by atoms with Gasteiger partial charge in [0.1, 0.15) is 6.10 Å². The maximum atomic E-state index is 11.1. The molecule has 3 fully saturated rings. The molecule has 0 amide bonds. The Labute approximate surface area is 87.3 Å². The number of hydrogen-bond acceptors (Lipinski definition) is 5. The summed E-state index contributed by atoms with van der Waals surface area (Å²) in [7, 11) is 0. The van der Waals surface area contributed by atoms with E-state index in [0.29, 0.717) is 26.1 Å². The van der Waals surface area contributed by atoms with Gasteiger partial charge in [-0.25, -0.2) is 0 Å². The van der Waals surface area contributed by atoms with Crippen LogP contribution in [0.1, 0.15) is 12.8 Å². The molecular formula is C10H14O5. The summed E-state index contributed by atoms with van der Waals surface area (Å²) in [5.41, 5.74) is 0. The molecule has 3 rings (SSSR count). The molecule has 2 saturated heterocycles. The fourth-order valence-corrected chi connectivity index (χ4v) is 2.90. The van der Waals surface area contributed by atoms with Crippen LogP contribution in [0.4, 0.5) is 0 Å². The molecule has 2 heterocycles. The highest BCUT2D eigenvalue weighted by Gasteiger charge is 2.53. The van der Waals surface area contributed by atoms with E-state index in [9.17, 15) is 9.90 Å². The number of carbonyl (C=O) groups excluding carboxylic acids is 1. The number of rotatable bonds is 1. The SMILES string of the molecule is O=C1C[C@H]2C(C[C@@H](O)[C@@H]2C2OCCO2)O1. The summed E-state index contributed by atoms with van der Waals surface area (Å²) in [6.45, 7) is 1.14. The highest BCUT2D eigenvalue weighted by molar-refractivity contribution is 5.72. The van der Waals surface area contributed by atoms with Crippen LogP contribution in [0.3, 0.4) is 0 Å². The normalized spacial score (nSPS) is 45.8. The van der Waals surface area contributed by atoms with Crippen LogP contribution in [0, 0.1) is 11.8 Å². The van der Waals surface area contributed by atoms with E-state index in [4.69, 9.17) is 14.2 Å². The lowest BCUT2D eigenvalue weighted by atomic mass is 9.91. The van der Waals surface area contributed by atoms with E-state index in [1.54, 1.807) is 0 Å². The first kappa shape index (κ1) is 9.57. The standard InChI is InChI=1S/C10H14O5/c11-6-4-7-5(3-8(12)15-7)9(6)10-13-1-2-14-10/h5-7,9-11H,1-4H2/t5-,6+,7?,9+/m0/s1. The molecule has 4 atom stereocenters. The quantitative estimate of drug-likeness (QED) is 0.605. The third kappa shape index (κ3) is 1.46. The van der Waals surface area contributed by atoms with Crippen LogP contribution < -0.4 is 0 Å². The first-order chi connectivity index (χ1) is 7.25. The van der Waals surface area contributed by atoms with E-state index in [1.807, 2.05) is 0 Å². The number of aliphatic hydroxyl groups is 1. The minimum atomic E-state index is -0.476. The molecule has 5 nitrogen and oxygen atoms in total. The van der Waals surface area contributed by atoms with Crippen molar-refractivity contribution in [2.45, 2.75) is 31.3 Å². The van der Waals surface area contributed by atoms with Gasteiger partial charge in [0.15, 0.2) is 6.29 Å². The summed E-state index contributed by atoms with van der Waals surface area (Å²) < 4.78 is 15.9. The van der Waals surface area contributed by atoms with Gasteiger partial charge < -0.3 is 19.3 Å². The number of aliphatic hydroxyl groups excluding tert-OH is 1. The highest BCUT2D eigenvalue weighted by atomic mass is 16.7. The maximum Gasteiger partial charge on any atom is 0.306 e. The molecule has 0 bridgehead atoms. The van der Waals surface area contributed by atoms with Crippen molar-refractivity contribution in [3.63, 3.8) is 0 Å². The van der Waals surface area contributed by atoms with Crippen molar-refractivity contribution >= 4 is 5.97 Å². The Morgan fingerprint density at radius 1 is 1.27 bits per heavy atom. The first-order valence-electron chi connectivity index (χ1n) is 5.36. The predicted octanol–water partition coefficient (Wildman–Crippen LogP) is -0.328. The fraction of sp³-hybridized carbons (Fsp3) is 0.900. The molecule has 0 radical (unpaired) electrons. The Morgan fingerprint density at radius 3 is 2.73 bits per heavy atom. The van der Waals surface area contributed by atoms with Gasteiger partial charge in [0, 0.05) is 18.3 Å². The molecule has 0 aromatic rings. The minimum Gasteiger partial charge on any atom is -0.462 e. The van der Waals surface area contributed by atoms with E-state index in [1.165, 1.54) is 0 Å². The number of fused-ring (bicyclic) bond motifs is 1. The summed E-state index contributed by atoms with van der Waals surface area (Å²) in [5.74, 6) is -0.209. The summed E-state index contributed by atoms with van der Waals surface area (Å²) in [5, 5.41) is 9.89. The first-order valence-corrected chi connectivity index (χ1v) is 5.36. The molecule has 1 N–H and O–H groups in total. The van der Waals surface area contributed by atoms with Crippen LogP contribution in [0.15, 0.2) is 0 Å². The smallest absolute Gasteiger partial charge is 0.306 e. The van der Waals surface area contributed by atoms with Gasteiger partial charge in [0.2, 0.25) is 0 Å². The average molecular weight is 214 g/mol. The number of hydrogen-bond donors (Lipinski definition) is 1. The molecule has 2 aliphatic heterocycles. The molecule has 1 aliphatic carbocycles. The Kier molecular flexibility index (Phi) is 2.19. The predicted molar refractivity (Wildman–Crippen MR) is 47.8 cm³/mol. The number of ether oxygens (including phenoxy) is 3. The Balaban J connectivity index is 1.78. The van der Waals surface area contributed by atoms with Crippen molar-refractivity contribution in [2.75, 3.05) is 13.2 Å². The van der Waals surface area contributed by atoms with Gasteiger partial charge in [-0.2, -0.15) is 0 Å². The summed E-state index contributed by atoms with van der Waals surface area (Å²) >= 11 is 0. The lowest BCUT2D eigenvalue weighted by Gasteiger charge is -2.23. The summed E-state index contributed by atoms with van der Waals surface area (Å²) in [4.78, 5) is 11.1. The van der Waals surface area contributed by atoms with Crippen molar-refractivity contribution in [1.29, 1.82) is 0 Å². The molecule has 1 saturated carbocycles. The van der Waals surface area contributed by atoms with Crippen LogP contribution in [0.25, 0.3) is 0 Å². The molecule has 0 aromatic carbocycles. The molecule has 84 valence electrons. The molecule has 0 spiro atoms. The van der Waals surface area contributed by atoms with Crippen molar-refractivity contribution < 1.29 is 24.1 Å². The lowest BCUT2D eigenvalue weighted by Crippen LogP contribution is -2.33. The van der Waals surface area contributed by atoms with Crippen LogP contribution in [0.5, 0.6) is 0 Å². The van der Waals surface area contributed by atoms with Gasteiger partial charge >= 0.3 is 5.97 Å². The number of esters is 1. The molecule has 1 unspecified atom stereocenters. The second-order valence-corrected chi connectivity index (χ2v) is 4.39. The minimum absolute atomic E-state index is 0.0654. The number of carbonyl (C=O) groups is 1. The van der Waals surface area contributed by atoms with Gasteiger partial charge in [-0.05, 0) is 0 Å². The van der Waals surface area contributed by atoms with E-state index >= 15 is 0 Å². The molecule has 5 heteroatoms. The zero-order valence-corrected chi connectivity index (χ0v) is 8.30. The molecule has 0 aromatic heterocycles. The second-order valence-electron chi connectivity index (χ2n) is 4.39. The van der Waals surface area contributed by atoms with E-state index in [-0.39, 0.29) is 30.2 Å². The Bertz CT molecular complexity index is 273. The van der Waals surface area contributed by atoms with Crippen LogP contribution in [-0.4, -0.2) is 42.8 Å². The summed E-state index contributed by atoms with van der Waals surface area (Å²) in [6.07, 6.45) is -0.0640. The second kappa shape index (κ2) is 3.43. The van der Waals surface area contributed by atoms with E-state index in [0.717, 1.165) is 0 Å². The monoisotopic (exact) mass is 214 g/mol. The van der Waals surface area contributed by atoms with Gasteiger partial charge in [-0.3, -0.25) is 4.79 Å². The molecular weight excluding hydrogens is 200 g/mol. The largest absolute Gasteiger partial charge is 0.462 e. The van der Waals surface area contributed by atoms with Gasteiger partial charge in [0.25, 0.3) is 0 Å². The van der Waals surface area contributed by atoms with Crippen molar-refractivity contribution in [2.24, 2.45) is 11.8 Å². The van der Waals surface area contributed by atoms with Crippen LogP contribution >= 0.6 is 0 Å². The third-order valence-corrected chi connectivity index (χ3v) is 3.54. The van der Waals surface area contributed by atoms with Crippen molar-refractivity contribution in [3.8, 4) is 0 Å². The van der Waals surface area contributed by atoms with Crippen molar-refractivity contribution in [1.82, 2.24) is 0 Å². The third-order valence-electron chi connectivity index (χ3n) is 3.54. The lowest BCUT2D eigenvalue weighted by molar-refractivity contribution is -0.142. The topological polar surface area (TPSA) is 65.0 Å². The van der Waals surface area contributed by atoms with Gasteiger partial charge in [-0.15, -0.1) is 0 Å². The maximum absolute atomic E-state index is 11.1. The highest BCUT2D eigenvalue weighted by Crippen LogP contribution is 2.44. The van der Waals surface area contributed by atoms with Crippen LogP contribution in [-0.2, 0) is 19.0 Å². The zero-order chi connectivity index (χ0) is 10.4. The van der Waals surface area contributed by atoms with Crippen molar-refractivity contribution in [3.05, 3.63) is 0 Å². The summed E-state index contributed by atoms with van der Waals surface area (Å²) in [6, 6.07) is 0. The fourth-order valence-electron chi connectivity index (χ4n) is 2.90. The van der Waals surface area contributed by atoms with E-state index in [2.05, 4.69) is 0 Å². The van der Waals surface area contributed by atoms with Gasteiger partial charge in [-0.1, -0.05) is 0 Å². The van der Waals surface area contributed by atoms with Crippen LogP contribution in [0.2, 0.25) is 0 Å². The Morgan fingerprint density at radius 2 is 2.00 bits per heavy atom. The zero-order valence-electron chi connectivity index (χ0n) is 8.30. The van der Waals surface area contributed by atoms with Gasteiger partial charge in [0.05, 0.1) is 25.7 Å². The molecule has 15 heavy (non-hydrogen) atoms. The molecule has 3 aliphatic rings. The average Bonchev–Trinajstić information content (AvgIpc) is 2.80. The van der Waals surface area contributed by atoms with E-state index < -0.39 is 6.10 Å². The Hall–Kier alpha value is -0.650.